The Morgan fingerprint density at radius 2 is 1.85 bits per heavy atom. The van der Waals surface area contributed by atoms with Gasteiger partial charge in [-0.1, -0.05) is 31.2 Å². The summed E-state index contributed by atoms with van der Waals surface area (Å²) in [6.45, 7) is 4.45. The first-order valence-electron chi connectivity index (χ1n) is 6.90. The summed E-state index contributed by atoms with van der Waals surface area (Å²) >= 11 is 0. The number of piperazine rings is 1. The number of rotatable bonds is 4. The quantitative estimate of drug-likeness (QED) is 0.794. The highest BCUT2D eigenvalue weighted by molar-refractivity contribution is 5.99. The third kappa shape index (κ3) is 3.05. The molecule has 3 N–H and O–H groups in total. The molecule has 5 heteroatoms. The molecule has 0 saturated carbocycles. The Balaban J connectivity index is 2.35. The Kier molecular flexibility index (Phi) is 4.52. The van der Waals surface area contributed by atoms with Crippen LogP contribution in [0.5, 0.6) is 0 Å². The largest absolute Gasteiger partial charge is 0.326 e. The number of benzene rings is 1. The van der Waals surface area contributed by atoms with Crippen molar-refractivity contribution in [2.45, 2.75) is 32.4 Å². The molecule has 0 radical (unpaired) electrons. The van der Waals surface area contributed by atoms with Gasteiger partial charge in [0.15, 0.2) is 0 Å². The van der Waals surface area contributed by atoms with E-state index < -0.39 is 0 Å². The highest BCUT2D eigenvalue weighted by Crippen LogP contribution is 2.28. The Hall–Kier alpha value is -1.72. The van der Waals surface area contributed by atoms with Crippen molar-refractivity contribution in [2.75, 3.05) is 13.1 Å². The van der Waals surface area contributed by atoms with Crippen molar-refractivity contribution < 1.29 is 9.59 Å². The fraction of sp³-hybridized carbons (Fsp3) is 0.467. The fourth-order valence-corrected chi connectivity index (χ4v) is 2.70. The molecule has 1 aliphatic heterocycles. The first-order chi connectivity index (χ1) is 9.52. The summed E-state index contributed by atoms with van der Waals surface area (Å²) in [5.41, 5.74) is 8.47. The number of imide groups is 1. The predicted molar refractivity (Wildman–Crippen MR) is 76.9 cm³/mol. The van der Waals surface area contributed by atoms with E-state index in [0.717, 1.165) is 17.5 Å². The smallest absolute Gasteiger partial charge is 0.240 e. The van der Waals surface area contributed by atoms with Gasteiger partial charge >= 0.3 is 0 Å². The average Bonchev–Trinajstić information content (AvgIpc) is 2.40. The number of hydrogen-bond acceptors (Lipinski definition) is 4. The molecule has 2 unspecified atom stereocenters. The maximum absolute atomic E-state index is 11.6. The van der Waals surface area contributed by atoms with Crippen molar-refractivity contribution in [3.63, 3.8) is 0 Å². The number of nitrogens with one attached hydrogen (secondary N) is 1. The first-order valence-corrected chi connectivity index (χ1v) is 6.90. The standard InChI is InChI=1S/C15H21N3O2/c1-3-12(16)15(11-7-5-4-6-10(11)2)18-8-13(19)17-14(20)9-18/h4-7,12,15H,3,8-9,16H2,1-2H3,(H,17,19,20). The van der Waals surface area contributed by atoms with E-state index in [1.165, 1.54) is 0 Å². The van der Waals surface area contributed by atoms with Crippen molar-refractivity contribution in [1.82, 2.24) is 10.2 Å². The molecule has 2 rings (SSSR count). The second kappa shape index (κ2) is 6.15. The molecule has 1 heterocycles. The van der Waals surface area contributed by atoms with Gasteiger partial charge in [0, 0.05) is 6.04 Å². The summed E-state index contributed by atoms with van der Waals surface area (Å²) in [7, 11) is 0. The lowest BCUT2D eigenvalue weighted by atomic mass is 9.92. The Morgan fingerprint density at radius 3 is 2.40 bits per heavy atom. The summed E-state index contributed by atoms with van der Waals surface area (Å²) in [5.74, 6) is -0.522. The molecule has 1 saturated heterocycles. The van der Waals surface area contributed by atoms with Crippen molar-refractivity contribution in [1.29, 1.82) is 0 Å². The van der Waals surface area contributed by atoms with Crippen LogP contribution in [0, 0.1) is 6.92 Å². The van der Waals surface area contributed by atoms with Crippen LogP contribution in [0.25, 0.3) is 0 Å². The molecule has 1 aromatic rings. The molecule has 1 fully saturated rings. The Bertz CT molecular complexity index is 500. The number of aryl methyl sites for hydroxylation is 1. The zero-order chi connectivity index (χ0) is 14.7. The number of carbonyl (C=O) groups is 2. The van der Waals surface area contributed by atoms with Gasteiger partial charge in [0.25, 0.3) is 0 Å². The van der Waals surface area contributed by atoms with Crippen molar-refractivity contribution in [2.24, 2.45) is 5.73 Å². The van der Waals surface area contributed by atoms with E-state index in [1.54, 1.807) is 0 Å². The van der Waals surface area contributed by atoms with Gasteiger partial charge in [-0.3, -0.25) is 19.8 Å². The lowest BCUT2D eigenvalue weighted by Gasteiger charge is -2.37. The molecule has 2 atom stereocenters. The summed E-state index contributed by atoms with van der Waals surface area (Å²) in [4.78, 5) is 25.1. The molecule has 0 aliphatic carbocycles. The Morgan fingerprint density at radius 1 is 1.25 bits per heavy atom. The molecule has 108 valence electrons. The number of carbonyl (C=O) groups excluding carboxylic acids is 2. The maximum atomic E-state index is 11.6. The molecule has 1 aromatic carbocycles. The molecule has 1 aliphatic rings. The first kappa shape index (κ1) is 14.7. The van der Waals surface area contributed by atoms with Crippen LogP contribution in [-0.2, 0) is 9.59 Å². The monoisotopic (exact) mass is 275 g/mol. The molecule has 2 amide bonds. The minimum atomic E-state index is -0.261. The van der Waals surface area contributed by atoms with Gasteiger partial charge < -0.3 is 5.73 Å². The highest BCUT2D eigenvalue weighted by Gasteiger charge is 2.32. The fourth-order valence-electron chi connectivity index (χ4n) is 2.70. The Labute approximate surface area is 119 Å². The van der Waals surface area contributed by atoms with E-state index in [4.69, 9.17) is 5.73 Å². The van der Waals surface area contributed by atoms with E-state index in [1.807, 2.05) is 43.0 Å². The zero-order valence-electron chi connectivity index (χ0n) is 11.9. The summed E-state index contributed by atoms with van der Waals surface area (Å²) in [5, 5.41) is 2.33. The van der Waals surface area contributed by atoms with Crippen LogP contribution in [0.4, 0.5) is 0 Å². The van der Waals surface area contributed by atoms with Gasteiger partial charge in [0.05, 0.1) is 19.1 Å². The van der Waals surface area contributed by atoms with Crippen molar-refractivity contribution >= 4 is 11.8 Å². The number of hydrogen-bond donors (Lipinski definition) is 2. The summed E-state index contributed by atoms with van der Waals surface area (Å²) in [6, 6.07) is 7.75. The number of amides is 2. The van der Waals surface area contributed by atoms with E-state index in [2.05, 4.69) is 5.32 Å². The van der Waals surface area contributed by atoms with Crippen LogP contribution < -0.4 is 11.1 Å². The van der Waals surface area contributed by atoms with Crippen LogP contribution in [0.3, 0.4) is 0 Å². The SMILES string of the molecule is CCC(N)C(c1ccccc1C)N1CC(=O)NC(=O)C1. The lowest BCUT2D eigenvalue weighted by Crippen LogP contribution is -2.55. The van der Waals surface area contributed by atoms with Crippen molar-refractivity contribution in [3.8, 4) is 0 Å². The van der Waals surface area contributed by atoms with E-state index in [9.17, 15) is 9.59 Å². The molecular formula is C15H21N3O2. The van der Waals surface area contributed by atoms with Crippen molar-refractivity contribution in [3.05, 3.63) is 35.4 Å². The van der Waals surface area contributed by atoms with Crippen LogP contribution >= 0.6 is 0 Å². The summed E-state index contributed by atoms with van der Waals surface area (Å²) < 4.78 is 0. The third-order valence-electron chi connectivity index (χ3n) is 3.75. The molecule has 20 heavy (non-hydrogen) atoms. The molecule has 0 aromatic heterocycles. The van der Waals surface area contributed by atoms with Gasteiger partial charge in [-0.2, -0.15) is 0 Å². The topological polar surface area (TPSA) is 75.4 Å². The van der Waals surface area contributed by atoms with Crippen LogP contribution in [-0.4, -0.2) is 35.8 Å². The van der Waals surface area contributed by atoms with E-state index in [0.29, 0.717) is 0 Å². The number of nitrogens with zero attached hydrogens (tertiary/aromatic N) is 1. The molecule has 0 bridgehead atoms. The molecule has 5 nitrogen and oxygen atoms in total. The minimum absolute atomic E-state index is 0.115. The average molecular weight is 275 g/mol. The van der Waals surface area contributed by atoms with Crippen LogP contribution in [0.2, 0.25) is 0 Å². The maximum Gasteiger partial charge on any atom is 0.240 e. The van der Waals surface area contributed by atoms with Gasteiger partial charge in [-0.05, 0) is 24.5 Å². The normalized spacial score (nSPS) is 19.6. The van der Waals surface area contributed by atoms with E-state index >= 15 is 0 Å². The number of nitrogens with two attached hydrogens (primary N) is 1. The second-order valence-electron chi connectivity index (χ2n) is 5.25. The van der Waals surface area contributed by atoms with Gasteiger partial charge in [-0.15, -0.1) is 0 Å². The second-order valence-corrected chi connectivity index (χ2v) is 5.25. The summed E-state index contributed by atoms with van der Waals surface area (Å²) in [6.07, 6.45) is 0.783. The van der Waals surface area contributed by atoms with Crippen LogP contribution in [0.15, 0.2) is 24.3 Å². The van der Waals surface area contributed by atoms with Gasteiger partial charge in [0.1, 0.15) is 0 Å². The van der Waals surface area contributed by atoms with Crippen LogP contribution in [0.1, 0.15) is 30.5 Å². The predicted octanol–water partition coefficient (Wildman–Crippen LogP) is 0.732. The van der Waals surface area contributed by atoms with E-state index in [-0.39, 0.29) is 37.0 Å². The molecular weight excluding hydrogens is 254 g/mol. The third-order valence-corrected chi connectivity index (χ3v) is 3.75. The lowest BCUT2D eigenvalue weighted by molar-refractivity contribution is -0.137. The molecule has 0 spiro atoms. The highest BCUT2D eigenvalue weighted by atomic mass is 16.2. The minimum Gasteiger partial charge on any atom is -0.326 e. The zero-order valence-corrected chi connectivity index (χ0v) is 11.9. The van der Waals surface area contributed by atoms with Gasteiger partial charge in [0.2, 0.25) is 11.8 Å². The van der Waals surface area contributed by atoms with Gasteiger partial charge in [-0.25, -0.2) is 0 Å².